The molecule has 1 atom stereocenters. The van der Waals surface area contributed by atoms with Crippen LogP contribution in [0.2, 0.25) is 0 Å². The molecule has 188 valence electrons. The molecule has 1 saturated heterocycles. The Morgan fingerprint density at radius 1 is 1.03 bits per heavy atom. The predicted octanol–water partition coefficient (Wildman–Crippen LogP) is 3.10. The molecule has 3 aromatic rings. The Labute approximate surface area is 211 Å². The van der Waals surface area contributed by atoms with Gasteiger partial charge in [0.2, 0.25) is 11.8 Å². The van der Waals surface area contributed by atoms with E-state index in [1.807, 2.05) is 32.0 Å². The van der Waals surface area contributed by atoms with E-state index in [-0.39, 0.29) is 28.7 Å². The summed E-state index contributed by atoms with van der Waals surface area (Å²) in [7, 11) is -4.05. The zero-order valence-corrected chi connectivity index (χ0v) is 21.4. The summed E-state index contributed by atoms with van der Waals surface area (Å²) in [5, 5.41) is 0. The number of ether oxygens (including phenoxy) is 1. The number of amides is 1. The Kier molecular flexibility index (Phi) is 6.40. The fourth-order valence-electron chi connectivity index (χ4n) is 4.79. The number of hydrogen-bond acceptors (Lipinski definition) is 7. The first-order chi connectivity index (χ1) is 17.2. The van der Waals surface area contributed by atoms with E-state index in [1.54, 1.807) is 23.1 Å². The highest BCUT2D eigenvalue weighted by Crippen LogP contribution is 2.30. The molecule has 0 saturated carbocycles. The van der Waals surface area contributed by atoms with Gasteiger partial charge in [-0.05, 0) is 49.7 Å². The van der Waals surface area contributed by atoms with Gasteiger partial charge < -0.3 is 9.64 Å². The highest BCUT2D eigenvalue weighted by Gasteiger charge is 2.29. The third kappa shape index (κ3) is 4.78. The predicted molar refractivity (Wildman–Crippen MR) is 137 cm³/mol. The molecule has 6 bridgehead atoms. The lowest BCUT2D eigenvalue weighted by molar-refractivity contribution is 0.0690. The van der Waals surface area contributed by atoms with Gasteiger partial charge in [0.1, 0.15) is 6.10 Å². The van der Waals surface area contributed by atoms with Gasteiger partial charge in [0.05, 0.1) is 17.1 Å². The lowest BCUT2D eigenvalue weighted by Crippen LogP contribution is -2.40. The summed E-state index contributed by atoms with van der Waals surface area (Å²) in [5.41, 5.74) is 3.77. The minimum atomic E-state index is -4.05. The first-order valence-corrected chi connectivity index (χ1v) is 13.5. The Morgan fingerprint density at radius 3 is 2.53 bits per heavy atom. The van der Waals surface area contributed by atoms with Gasteiger partial charge in [-0.2, -0.15) is 4.98 Å². The van der Waals surface area contributed by atoms with Crippen molar-refractivity contribution >= 4 is 21.9 Å². The van der Waals surface area contributed by atoms with E-state index < -0.39 is 10.0 Å². The fourth-order valence-corrected chi connectivity index (χ4v) is 5.78. The summed E-state index contributed by atoms with van der Waals surface area (Å²) in [6.07, 6.45) is -0.356. The number of anilines is 1. The van der Waals surface area contributed by atoms with E-state index in [4.69, 9.17) is 4.74 Å². The van der Waals surface area contributed by atoms with Gasteiger partial charge in [0, 0.05) is 36.8 Å². The number of aromatic nitrogens is 2. The first-order valence-electron chi connectivity index (χ1n) is 12.0. The van der Waals surface area contributed by atoms with Crippen molar-refractivity contribution < 1.29 is 17.9 Å². The average molecular weight is 508 g/mol. The van der Waals surface area contributed by atoms with Crippen molar-refractivity contribution in [3.8, 4) is 17.1 Å². The second kappa shape index (κ2) is 9.51. The van der Waals surface area contributed by atoms with Crippen LogP contribution < -0.4 is 9.46 Å². The Balaban J connectivity index is 1.68. The molecule has 0 radical (unpaired) electrons. The van der Waals surface area contributed by atoms with Crippen LogP contribution in [0.5, 0.6) is 5.88 Å². The average Bonchev–Trinajstić information content (AvgIpc) is 3.05. The van der Waals surface area contributed by atoms with Gasteiger partial charge in [0.15, 0.2) is 0 Å². The number of benzene rings is 2. The fraction of sp³-hybridized carbons (Fsp3) is 0.346. The van der Waals surface area contributed by atoms with E-state index in [2.05, 4.69) is 26.5 Å². The van der Waals surface area contributed by atoms with Crippen LogP contribution in [-0.4, -0.2) is 72.9 Å². The van der Waals surface area contributed by atoms with E-state index in [0.29, 0.717) is 37.4 Å². The molecular weight excluding hydrogens is 478 g/mol. The molecule has 0 unspecified atom stereocenters. The summed E-state index contributed by atoms with van der Waals surface area (Å²) in [4.78, 5) is 26.3. The quantitative estimate of drug-likeness (QED) is 0.568. The molecule has 1 aromatic heterocycles. The minimum Gasteiger partial charge on any atom is -0.471 e. The second-order valence-corrected chi connectivity index (χ2v) is 10.9. The normalized spacial score (nSPS) is 19.7. The molecule has 10 heteroatoms. The van der Waals surface area contributed by atoms with E-state index in [1.165, 1.54) is 12.1 Å². The minimum absolute atomic E-state index is 0.0299. The summed E-state index contributed by atoms with van der Waals surface area (Å²) in [6, 6.07) is 13.7. The van der Waals surface area contributed by atoms with Crippen LogP contribution in [0, 0.1) is 13.8 Å². The van der Waals surface area contributed by atoms with Crippen molar-refractivity contribution in [1.29, 1.82) is 0 Å². The van der Waals surface area contributed by atoms with Crippen molar-refractivity contribution in [2.75, 3.05) is 37.4 Å². The van der Waals surface area contributed by atoms with Crippen molar-refractivity contribution in [1.82, 2.24) is 19.8 Å². The van der Waals surface area contributed by atoms with Crippen molar-refractivity contribution in [3.63, 3.8) is 0 Å². The number of hydrogen-bond donors (Lipinski definition) is 1. The lowest BCUT2D eigenvalue weighted by Gasteiger charge is -2.25. The van der Waals surface area contributed by atoms with Crippen LogP contribution in [0.25, 0.3) is 11.3 Å². The molecule has 2 aromatic carbocycles. The molecule has 3 heterocycles. The lowest BCUT2D eigenvalue weighted by atomic mass is 10.00. The molecule has 1 N–H and O–H groups in total. The Bertz CT molecular complexity index is 1410. The molecule has 2 aliphatic heterocycles. The topological polar surface area (TPSA) is 105 Å². The summed E-state index contributed by atoms with van der Waals surface area (Å²) in [5.74, 6) is -0.0625. The third-order valence-electron chi connectivity index (χ3n) is 6.65. The smallest absolute Gasteiger partial charge is 0.264 e. The molecule has 9 nitrogen and oxygen atoms in total. The van der Waals surface area contributed by atoms with Crippen molar-refractivity contribution in [2.45, 2.75) is 31.8 Å². The van der Waals surface area contributed by atoms with Crippen LogP contribution in [0.4, 0.5) is 5.95 Å². The maximum atomic E-state index is 13.4. The van der Waals surface area contributed by atoms with Gasteiger partial charge >= 0.3 is 0 Å². The monoisotopic (exact) mass is 507 g/mol. The zero-order chi connectivity index (χ0) is 25.4. The van der Waals surface area contributed by atoms with E-state index >= 15 is 0 Å². The van der Waals surface area contributed by atoms with Crippen LogP contribution in [-0.2, 0) is 10.0 Å². The van der Waals surface area contributed by atoms with Crippen LogP contribution in [0.3, 0.4) is 0 Å². The second-order valence-electron chi connectivity index (χ2n) is 9.20. The van der Waals surface area contributed by atoms with E-state index in [0.717, 1.165) is 23.2 Å². The number of nitrogens with one attached hydrogen (secondary N) is 1. The first kappa shape index (κ1) is 24.2. The number of likely N-dealkylation sites (N-methyl/N-ethyl adjacent to an activating group) is 1. The van der Waals surface area contributed by atoms with Crippen LogP contribution in [0.1, 0.15) is 28.4 Å². The molecule has 36 heavy (non-hydrogen) atoms. The van der Waals surface area contributed by atoms with Gasteiger partial charge in [0.25, 0.3) is 15.9 Å². The number of fused-ring (bicyclic) bond motifs is 6. The van der Waals surface area contributed by atoms with Gasteiger partial charge in [-0.3, -0.25) is 9.69 Å². The summed E-state index contributed by atoms with van der Waals surface area (Å²) in [6.45, 7) is 9.05. The zero-order valence-electron chi connectivity index (χ0n) is 20.6. The molecule has 0 aliphatic carbocycles. The molecule has 2 aliphatic rings. The molecule has 1 fully saturated rings. The third-order valence-corrected chi connectivity index (χ3v) is 7.98. The SMILES string of the molecule is CCN1CCN2C[C@@H](C1)Oc1cc(-c3c(C)cccc3C)nc(n1)NS(=O)(=O)c1cccc(c1)C2=O. The van der Waals surface area contributed by atoms with E-state index in [9.17, 15) is 13.2 Å². The number of aryl methyl sites for hydroxylation is 2. The van der Waals surface area contributed by atoms with Gasteiger partial charge in [-0.15, -0.1) is 0 Å². The molecular formula is C26H29N5O4S. The number of sulfonamides is 1. The number of nitrogens with zero attached hydrogens (tertiary/aromatic N) is 4. The van der Waals surface area contributed by atoms with Crippen LogP contribution >= 0.6 is 0 Å². The summed E-state index contributed by atoms with van der Waals surface area (Å²) < 4.78 is 35.4. The van der Waals surface area contributed by atoms with Crippen molar-refractivity contribution in [2.24, 2.45) is 0 Å². The standard InChI is InChI=1S/C26H29N5O4S/c1-4-30-11-12-31-16-20(15-30)35-23-14-22(24-17(2)7-5-8-18(24)3)27-26(28-23)29-36(33,34)21-10-6-9-19(13-21)25(31)32/h5-10,13-14,20H,4,11-12,15-16H2,1-3H3,(H,27,28,29)/t20-/m1/s1. The number of carbonyl (C=O) groups is 1. The summed E-state index contributed by atoms with van der Waals surface area (Å²) >= 11 is 0. The maximum Gasteiger partial charge on any atom is 0.264 e. The largest absolute Gasteiger partial charge is 0.471 e. The Morgan fingerprint density at radius 2 is 1.78 bits per heavy atom. The highest BCUT2D eigenvalue weighted by molar-refractivity contribution is 7.92. The Hall–Kier alpha value is -3.50. The van der Waals surface area contributed by atoms with Gasteiger partial charge in [-0.25, -0.2) is 18.1 Å². The number of rotatable bonds is 2. The van der Waals surface area contributed by atoms with Crippen molar-refractivity contribution in [3.05, 3.63) is 65.2 Å². The van der Waals surface area contributed by atoms with Crippen LogP contribution in [0.15, 0.2) is 53.4 Å². The molecule has 0 spiro atoms. The number of carbonyl (C=O) groups excluding carboxylic acids is 1. The molecule has 5 rings (SSSR count). The van der Waals surface area contributed by atoms with Gasteiger partial charge in [-0.1, -0.05) is 31.2 Å². The molecule has 1 amide bonds. The maximum absolute atomic E-state index is 13.4. The highest BCUT2D eigenvalue weighted by atomic mass is 32.2.